The van der Waals surface area contributed by atoms with E-state index in [1.54, 1.807) is 0 Å². The van der Waals surface area contributed by atoms with Crippen molar-refractivity contribution in [2.75, 3.05) is 12.4 Å². The lowest BCUT2D eigenvalue weighted by Gasteiger charge is -1.84. The first-order chi connectivity index (χ1) is 3.31. The van der Waals surface area contributed by atoms with Crippen LogP contribution in [0.25, 0.3) is 0 Å². The molecule has 0 aliphatic heterocycles. The maximum atomic E-state index is 11.2. The molecule has 0 N–H and O–H groups in total. The first-order valence-corrected chi connectivity index (χ1v) is 3.01. The molecule has 0 aliphatic carbocycles. The zero-order valence-corrected chi connectivity index (χ0v) is 4.93. The lowest BCUT2D eigenvalue weighted by Crippen LogP contribution is -1.91. The van der Waals surface area contributed by atoms with Crippen LogP contribution in [-0.4, -0.2) is 17.5 Å². The topological polar surface area (TPSA) is 17.1 Å². The van der Waals surface area contributed by atoms with Gasteiger partial charge in [0.2, 0.25) is 5.12 Å². The van der Waals surface area contributed by atoms with Crippen molar-refractivity contribution in [3.63, 3.8) is 0 Å². The van der Waals surface area contributed by atoms with Crippen LogP contribution in [0.15, 0.2) is 0 Å². The maximum absolute atomic E-state index is 11.2. The second-order valence-corrected chi connectivity index (χ2v) is 2.26. The lowest BCUT2D eigenvalue weighted by molar-refractivity contribution is -0.111. The summed E-state index contributed by atoms with van der Waals surface area (Å²) in [6.45, 7) is 0.983. The zero-order valence-electron chi connectivity index (χ0n) is 4.11. The molecule has 7 heavy (non-hydrogen) atoms. The van der Waals surface area contributed by atoms with Crippen LogP contribution < -0.4 is 0 Å². The SMILES string of the molecule is CCSC(=O)CF. The highest BCUT2D eigenvalue weighted by atomic mass is 32.2. The molecular formula is C4H7FOS. The van der Waals surface area contributed by atoms with Gasteiger partial charge in [0, 0.05) is 0 Å². The van der Waals surface area contributed by atoms with Crippen LogP contribution in [0.3, 0.4) is 0 Å². The number of halogens is 1. The molecule has 3 heteroatoms. The number of hydrogen-bond donors (Lipinski definition) is 0. The molecule has 0 fully saturated rings. The van der Waals surface area contributed by atoms with Gasteiger partial charge >= 0.3 is 0 Å². The van der Waals surface area contributed by atoms with Crippen molar-refractivity contribution in [2.24, 2.45) is 0 Å². The molecule has 0 atom stereocenters. The zero-order chi connectivity index (χ0) is 5.70. The molecule has 0 aromatic carbocycles. The van der Waals surface area contributed by atoms with Crippen LogP contribution in [0.4, 0.5) is 4.39 Å². The fourth-order valence-electron chi connectivity index (χ4n) is 0.200. The molecule has 0 saturated heterocycles. The number of alkyl halides is 1. The van der Waals surface area contributed by atoms with Gasteiger partial charge in [-0.05, 0) is 5.75 Å². The molecule has 0 aromatic heterocycles. The number of hydrogen-bond acceptors (Lipinski definition) is 2. The number of carbonyl (C=O) groups is 1. The van der Waals surface area contributed by atoms with Gasteiger partial charge in [0.1, 0.15) is 0 Å². The Morgan fingerprint density at radius 3 is 2.57 bits per heavy atom. The minimum absolute atomic E-state index is 0.373. The molecular weight excluding hydrogens is 115 g/mol. The first-order valence-electron chi connectivity index (χ1n) is 2.02. The van der Waals surface area contributed by atoms with Crippen molar-refractivity contribution in [2.45, 2.75) is 6.92 Å². The Morgan fingerprint density at radius 1 is 1.86 bits per heavy atom. The Kier molecular flexibility index (Phi) is 4.09. The maximum Gasteiger partial charge on any atom is 0.219 e. The van der Waals surface area contributed by atoms with Crippen molar-refractivity contribution < 1.29 is 9.18 Å². The summed E-state index contributed by atoms with van der Waals surface area (Å²) in [5, 5.41) is -0.373. The van der Waals surface area contributed by atoms with Crippen LogP contribution in [0.2, 0.25) is 0 Å². The van der Waals surface area contributed by atoms with Gasteiger partial charge in [-0.1, -0.05) is 18.7 Å². The van der Waals surface area contributed by atoms with Gasteiger partial charge < -0.3 is 0 Å². The van der Waals surface area contributed by atoms with Crippen LogP contribution in [-0.2, 0) is 4.79 Å². The van der Waals surface area contributed by atoms with E-state index in [0.717, 1.165) is 11.8 Å². The first kappa shape index (κ1) is 6.95. The summed E-state index contributed by atoms with van der Waals surface area (Å²) in [5.74, 6) is 0.669. The quantitative estimate of drug-likeness (QED) is 0.548. The summed E-state index contributed by atoms with van der Waals surface area (Å²) in [5.41, 5.74) is 0. The molecule has 42 valence electrons. The van der Waals surface area contributed by atoms with E-state index < -0.39 is 6.67 Å². The Balaban J connectivity index is 3.00. The summed E-state index contributed by atoms with van der Waals surface area (Å²) >= 11 is 1.02. The van der Waals surface area contributed by atoms with E-state index in [1.165, 1.54) is 0 Å². The van der Waals surface area contributed by atoms with Gasteiger partial charge in [-0.2, -0.15) is 0 Å². The monoisotopic (exact) mass is 122 g/mol. The molecule has 0 radical (unpaired) electrons. The van der Waals surface area contributed by atoms with Crippen LogP contribution in [0.5, 0.6) is 0 Å². The summed E-state index contributed by atoms with van der Waals surface area (Å²) < 4.78 is 11.2. The number of thioether (sulfide) groups is 1. The smallest absolute Gasteiger partial charge is 0.219 e. The third-order valence-electron chi connectivity index (χ3n) is 0.414. The highest BCUT2D eigenvalue weighted by Gasteiger charge is 1.95. The summed E-state index contributed by atoms with van der Waals surface area (Å²) in [6.07, 6.45) is 0. The van der Waals surface area contributed by atoms with Crippen molar-refractivity contribution in [1.82, 2.24) is 0 Å². The second-order valence-electron chi connectivity index (χ2n) is 0.939. The molecule has 0 heterocycles. The van der Waals surface area contributed by atoms with Gasteiger partial charge in [-0.25, -0.2) is 4.39 Å². The number of carbonyl (C=O) groups excluding carboxylic acids is 1. The van der Waals surface area contributed by atoms with E-state index in [9.17, 15) is 9.18 Å². The van der Waals surface area contributed by atoms with Gasteiger partial charge in [0.25, 0.3) is 0 Å². The highest BCUT2D eigenvalue weighted by molar-refractivity contribution is 8.13. The minimum atomic E-state index is -0.835. The van der Waals surface area contributed by atoms with Crippen LogP contribution >= 0.6 is 11.8 Å². The fraction of sp³-hybridized carbons (Fsp3) is 0.750. The average molecular weight is 122 g/mol. The van der Waals surface area contributed by atoms with E-state index in [2.05, 4.69) is 0 Å². The van der Waals surface area contributed by atoms with E-state index in [1.807, 2.05) is 6.92 Å². The highest BCUT2D eigenvalue weighted by Crippen LogP contribution is 1.99. The molecule has 0 unspecified atom stereocenters. The molecule has 1 nitrogen and oxygen atoms in total. The predicted octanol–water partition coefficient (Wildman–Crippen LogP) is 1.24. The van der Waals surface area contributed by atoms with Crippen molar-refractivity contribution in [1.29, 1.82) is 0 Å². The fourth-order valence-corrected chi connectivity index (χ4v) is 0.599. The minimum Gasteiger partial charge on any atom is -0.284 e. The van der Waals surface area contributed by atoms with E-state index in [4.69, 9.17) is 0 Å². The molecule has 0 rings (SSSR count). The second kappa shape index (κ2) is 4.12. The summed E-state index contributed by atoms with van der Waals surface area (Å²) in [6, 6.07) is 0. The Morgan fingerprint density at radius 2 is 2.43 bits per heavy atom. The summed E-state index contributed by atoms with van der Waals surface area (Å²) in [4.78, 5) is 10.00. The van der Waals surface area contributed by atoms with Gasteiger partial charge in [-0.3, -0.25) is 4.79 Å². The summed E-state index contributed by atoms with van der Waals surface area (Å²) in [7, 11) is 0. The Bertz CT molecular complexity index is 64.7. The van der Waals surface area contributed by atoms with Crippen molar-refractivity contribution >= 4 is 16.9 Å². The van der Waals surface area contributed by atoms with E-state index in [-0.39, 0.29) is 5.12 Å². The largest absolute Gasteiger partial charge is 0.284 e. The Labute approximate surface area is 46.3 Å². The third kappa shape index (κ3) is 3.79. The van der Waals surface area contributed by atoms with Crippen molar-refractivity contribution in [3.8, 4) is 0 Å². The lowest BCUT2D eigenvalue weighted by atomic mass is 10.9. The standard InChI is InChI=1S/C4H7FOS/c1-2-7-4(6)3-5/h2-3H2,1H3. The predicted molar refractivity (Wildman–Crippen MR) is 29.1 cm³/mol. The third-order valence-corrected chi connectivity index (χ3v) is 1.13. The van der Waals surface area contributed by atoms with Crippen LogP contribution in [0, 0.1) is 0 Å². The van der Waals surface area contributed by atoms with Crippen molar-refractivity contribution in [3.05, 3.63) is 0 Å². The average Bonchev–Trinajstić information content (AvgIpc) is 1.68. The normalized spacial score (nSPS) is 8.86. The molecule has 0 amide bonds. The molecule has 0 bridgehead atoms. The molecule has 0 saturated carbocycles. The Hall–Kier alpha value is -0.0500. The van der Waals surface area contributed by atoms with E-state index >= 15 is 0 Å². The van der Waals surface area contributed by atoms with Gasteiger partial charge in [0.15, 0.2) is 6.67 Å². The number of rotatable bonds is 2. The van der Waals surface area contributed by atoms with Crippen LogP contribution in [0.1, 0.15) is 6.92 Å². The van der Waals surface area contributed by atoms with E-state index in [0.29, 0.717) is 5.75 Å². The van der Waals surface area contributed by atoms with Gasteiger partial charge in [-0.15, -0.1) is 0 Å². The van der Waals surface area contributed by atoms with Gasteiger partial charge in [0.05, 0.1) is 0 Å². The molecule has 0 spiro atoms. The molecule has 0 aliphatic rings. The molecule has 0 aromatic rings.